The molecule has 0 saturated heterocycles. The van der Waals surface area contributed by atoms with Crippen molar-refractivity contribution in [2.75, 3.05) is 39.6 Å². The maximum absolute atomic E-state index is 13.1. The average molecular weight is 1500 g/mol. The predicted molar refractivity (Wildman–Crippen MR) is 427 cm³/mol. The first-order chi connectivity index (χ1) is 50.7. The van der Waals surface area contributed by atoms with E-state index in [4.69, 9.17) is 37.0 Å². The Hall–Kier alpha value is -5.32. The van der Waals surface area contributed by atoms with Crippen LogP contribution in [-0.2, 0) is 65.4 Å². The minimum Gasteiger partial charge on any atom is -0.462 e. The summed E-state index contributed by atoms with van der Waals surface area (Å²) in [6.07, 6.45) is 88.0. The van der Waals surface area contributed by atoms with E-state index in [2.05, 4.69) is 186 Å². The van der Waals surface area contributed by atoms with Crippen molar-refractivity contribution in [3.63, 3.8) is 0 Å². The van der Waals surface area contributed by atoms with Gasteiger partial charge in [-0.3, -0.25) is 37.3 Å². The van der Waals surface area contributed by atoms with Gasteiger partial charge in [-0.15, -0.1) is 0 Å². The molecule has 0 spiro atoms. The number of aliphatic hydroxyl groups is 1. The van der Waals surface area contributed by atoms with Gasteiger partial charge in [-0.25, -0.2) is 9.13 Å². The van der Waals surface area contributed by atoms with Gasteiger partial charge in [0.05, 0.1) is 26.4 Å². The fourth-order valence-electron chi connectivity index (χ4n) is 10.1. The third kappa shape index (κ3) is 74.9. The van der Waals surface area contributed by atoms with Gasteiger partial charge in [-0.2, -0.15) is 0 Å². The number of phosphoric acid groups is 2. The number of hydrogen-bond donors (Lipinski definition) is 3. The van der Waals surface area contributed by atoms with E-state index in [1.54, 1.807) is 0 Å². The van der Waals surface area contributed by atoms with Gasteiger partial charge < -0.3 is 33.8 Å². The van der Waals surface area contributed by atoms with E-state index in [1.807, 2.05) is 0 Å². The number of esters is 4. The molecule has 19 heteroatoms. The lowest BCUT2D eigenvalue weighted by Crippen LogP contribution is -2.30. The third-order valence-corrected chi connectivity index (χ3v) is 17.9. The first-order valence-electron chi connectivity index (χ1n) is 39.7. The summed E-state index contributed by atoms with van der Waals surface area (Å²) in [5.74, 6) is -2.27. The summed E-state index contributed by atoms with van der Waals surface area (Å²) < 4.78 is 68.5. The minimum absolute atomic E-state index is 0.0426. The molecule has 0 fully saturated rings. The Morgan fingerprint density at radius 1 is 0.279 bits per heavy atom. The molecule has 0 heterocycles. The number of allylic oxidation sites excluding steroid dienone is 26. The SMILES string of the molecule is CC/C=C\C/C=C\C/C=C\C/C=C\C/C=C\CCCCCC(=O)OCC(COP(=O)(O)OCC(O)COP(=O)(O)OCC(COC(=O)CCCCCCC/C=C\C/C=C\C/C=C\CC)OC(=O)CCCCCCCCCCCCC)OC(=O)CCCCC/C=C\C/C=C\C/C=C\C/C=C\C/C=C\CC. The van der Waals surface area contributed by atoms with Crippen molar-refractivity contribution < 1.29 is 80.2 Å². The van der Waals surface area contributed by atoms with Crippen LogP contribution in [0.1, 0.15) is 297 Å². The summed E-state index contributed by atoms with van der Waals surface area (Å²) in [6.45, 7) is 4.43. The number of unbranched alkanes of at least 4 members (excludes halogenated alkanes) is 21. The molecule has 0 radical (unpaired) electrons. The van der Waals surface area contributed by atoms with Crippen LogP contribution >= 0.6 is 15.6 Å². The fraction of sp³-hybridized carbons (Fsp3) is 0.647. The monoisotopic (exact) mass is 1490 g/mol. The summed E-state index contributed by atoms with van der Waals surface area (Å²) in [5.41, 5.74) is 0. The molecule has 5 atom stereocenters. The zero-order valence-corrected chi connectivity index (χ0v) is 66.4. The van der Waals surface area contributed by atoms with E-state index in [0.717, 1.165) is 180 Å². The van der Waals surface area contributed by atoms with Crippen LogP contribution in [0.15, 0.2) is 158 Å². The van der Waals surface area contributed by atoms with Crippen molar-refractivity contribution in [3.05, 3.63) is 158 Å². The van der Waals surface area contributed by atoms with Crippen LogP contribution in [-0.4, -0.2) is 96.7 Å². The molecule has 592 valence electrons. The fourth-order valence-corrected chi connectivity index (χ4v) is 11.6. The number of ether oxygens (including phenoxy) is 4. The highest BCUT2D eigenvalue weighted by Gasteiger charge is 2.30. The van der Waals surface area contributed by atoms with E-state index in [9.17, 15) is 43.2 Å². The highest BCUT2D eigenvalue weighted by Crippen LogP contribution is 2.45. The van der Waals surface area contributed by atoms with Gasteiger partial charge in [0.15, 0.2) is 12.2 Å². The molecule has 0 aromatic rings. The van der Waals surface area contributed by atoms with E-state index >= 15 is 0 Å². The highest BCUT2D eigenvalue weighted by atomic mass is 31.2. The quantitative estimate of drug-likeness (QED) is 0.0169. The number of carbonyl (C=O) groups is 4. The van der Waals surface area contributed by atoms with E-state index in [-0.39, 0.29) is 25.7 Å². The maximum atomic E-state index is 13.1. The topological polar surface area (TPSA) is 237 Å². The Kier molecular flexibility index (Phi) is 72.0. The number of phosphoric ester groups is 2. The molecule has 0 aliphatic rings. The van der Waals surface area contributed by atoms with Gasteiger partial charge in [-0.1, -0.05) is 282 Å². The summed E-state index contributed by atoms with van der Waals surface area (Å²) >= 11 is 0. The predicted octanol–water partition coefficient (Wildman–Crippen LogP) is 23.2. The normalized spacial score (nSPS) is 14.7. The van der Waals surface area contributed by atoms with Gasteiger partial charge >= 0.3 is 39.5 Å². The molecule has 0 amide bonds. The lowest BCUT2D eigenvalue weighted by Gasteiger charge is -2.21. The molecular weight excluding hydrogens is 1350 g/mol. The number of rotatable bonds is 73. The largest absolute Gasteiger partial charge is 0.472 e. The van der Waals surface area contributed by atoms with Crippen molar-refractivity contribution in [1.82, 2.24) is 0 Å². The molecule has 104 heavy (non-hydrogen) atoms. The zero-order valence-electron chi connectivity index (χ0n) is 64.6. The smallest absolute Gasteiger partial charge is 0.462 e. The van der Waals surface area contributed by atoms with Gasteiger partial charge in [0, 0.05) is 25.7 Å². The van der Waals surface area contributed by atoms with Gasteiger partial charge in [0.2, 0.25) is 0 Å². The van der Waals surface area contributed by atoms with Crippen LogP contribution in [0, 0.1) is 0 Å². The first kappa shape index (κ1) is 98.7. The van der Waals surface area contributed by atoms with Crippen LogP contribution in [0.4, 0.5) is 0 Å². The molecule has 0 saturated carbocycles. The van der Waals surface area contributed by atoms with Crippen molar-refractivity contribution in [2.45, 2.75) is 316 Å². The van der Waals surface area contributed by atoms with Gasteiger partial charge in [0.25, 0.3) is 0 Å². The molecular formula is C85H140O17P2. The maximum Gasteiger partial charge on any atom is 0.472 e. The van der Waals surface area contributed by atoms with Gasteiger partial charge in [0.1, 0.15) is 19.3 Å². The van der Waals surface area contributed by atoms with E-state index < -0.39 is 97.5 Å². The molecule has 5 unspecified atom stereocenters. The zero-order chi connectivity index (χ0) is 76.0. The number of carbonyl (C=O) groups excluding carboxylic acids is 4. The summed E-state index contributed by atoms with van der Waals surface area (Å²) in [6, 6.07) is 0. The lowest BCUT2D eigenvalue weighted by molar-refractivity contribution is -0.161. The average Bonchev–Trinajstić information content (AvgIpc) is 0.928. The van der Waals surface area contributed by atoms with Crippen LogP contribution in [0.3, 0.4) is 0 Å². The van der Waals surface area contributed by atoms with Crippen molar-refractivity contribution >= 4 is 39.5 Å². The molecule has 3 N–H and O–H groups in total. The van der Waals surface area contributed by atoms with Crippen molar-refractivity contribution in [3.8, 4) is 0 Å². The molecule has 0 aliphatic carbocycles. The molecule has 0 aromatic heterocycles. The second kappa shape index (κ2) is 75.9. The lowest BCUT2D eigenvalue weighted by atomic mass is 10.1. The van der Waals surface area contributed by atoms with Crippen molar-refractivity contribution in [1.29, 1.82) is 0 Å². The van der Waals surface area contributed by atoms with Crippen LogP contribution in [0.2, 0.25) is 0 Å². The van der Waals surface area contributed by atoms with E-state index in [0.29, 0.717) is 25.7 Å². The number of hydrogen-bond acceptors (Lipinski definition) is 15. The van der Waals surface area contributed by atoms with Crippen molar-refractivity contribution in [2.24, 2.45) is 0 Å². The third-order valence-electron chi connectivity index (χ3n) is 16.0. The second-order valence-electron chi connectivity index (χ2n) is 25.9. The Morgan fingerprint density at radius 3 is 0.779 bits per heavy atom. The minimum atomic E-state index is -5.00. The first-order valence-corrected chi connectivity index (χ1v) is 42.7. The summed E-state index contributed by atoms with van der Waals surface area (Å²) in [4.78, 5) is 73.0. The van der Waals surface area contributed by atoms with Crippen LogP contribution in [0.25, 0.3) is 0 Å². The summed E-state index contributed by atoms with van der Waals surface area (Å²) in [7, 11) is -9.99. The van der Waals surface area contributed by atoms with Crippen LogP contribution in [0.5, 0.6) is 0 Å². The molecule has 0 aromatic carbocycles. The Labute approximate surface area is 629 Å². The Balaban J connectivity index is 5.43. The molecule has 0 aliphatic heterocycles. The van der Waals surface area contributed by atoms with Gasteiger partial charge in [-0.05, 0) is 148 Å². The highest BCUT2D eigenvalue weighted by molar-refractivity contribution is 7.47. The molecule has 17 nitrogen and oxygen atoms in total. The number of aliphatic hydroxyl groups excluding tert-OH is 1. The second-order valence-corrected chi connectivity index (χ2v) is 28.8. The standard InChI is InChI=1S/C85H140O17P2/c1-5-9-13-17-21-25-29-32-35-37-39-41-44-47-51-54-58-62-66-70-83(88)96-76-81(102-85(90)72-68-64-60-56-52-48-45-42-40-38-36-33-30-26-22-18-14-10-6-2)78-100-104(93,94)98-74-79(86)73-97-103(91,92)99-77-80(101-84(89)71-67-63-59-55-49-28-24-20-16-12-8-4)75-95-82(87)69-65-61-57-53-50-46-43-34-31-27-23-19-15-11-7-3/h9-11,13-15,21-23,25-27,32-36,39-43,47-48,51-52,79-81,86H,5-8,12,16-20,24,28-31,37-38,44-46,49-50,53-78H2,1-4H3,(H,91,92)(H,93,94)/b13-9-,14-10-,15-11-,25-21-,26-22-,27-23-,35-32-,36-33-,41-39-,42-40-,43-34-,51-47-,52-48-. The summed E-state index contributed by atoms with van der Waals surface area (Å²) in [5, 5.41) is 10.6. The Morgan fingerprint density at radius 2 is 0.500 bits per heavy atom. The Bertz CT molecular complexity index is 2590. The van der Waals surface area contributed by atoms with E-state index in [1.165, 1.54) is 38.5 Å². The van der Waals surface area contributed by atoms with Crippen LogP contribution < -0.4 is 0 Å². The molecule has 0 rings (SSSR count). The molecule has 0 bridgehead atoms.